The molecule has 6 bridgehead atoms. The molecule has 3 aromatic heterocycles. The third-order valence-corrected chi connectivity index (χ3v) is 7.92. The van der Waals surface area contributed by atoms with E-state index < -0.39 is 23.9 Å². The molecule has 46 heavy (non-hydrogen) atoms. The number of pyridine rings is 2. The number of ether oxygens (including phenoxy) is 2. The van der Waals surface area contributed by atoms with Crippen molar-refractivity contribution in [1.29, 1.82) is 0 Å². The van der Waals surface area contributed by atoms with E-state index in [0.29, 0.717) is 46.6 Å². The van der Waals surface area contributed by atoms with E-state index in [1.165, 1.54) is 29.2 Å². The number of benzene rings is 2. The van der Waals surface area contributed by atoms with Crippen LogP contribution in [0, 0.1) is 5.82 Å². The van der Waals surface area contributed by atoms with Crippen LogP contribution in [-0.4, -0.2) is 74.0 Å². The Labute approximate surface area is 262 Å². The lowest BCUT2D eigenvalue weighted by Gasteiger charge is -2.39. The van der Waals surface area contributed by atoms with Crippen LogP contribution in [0.4, 0.5) is 4.39 Å². The monoisotopic (exact) mass is 621 g/mol. The van der Waals surface area contributed by atoms with Crippen molar-refractivity contribution in [2.24, 2.45) is 0 Å². The van der Waals surface area contributed by atoms with Gasteiger partial charge in [0.25, 0.3) is 17.7 Å². The van der Waals surface area contributed by atoms with Gasteiger partial charge in [0.05, 0.1) is 17.2 Å². The molecule has 0 saturated carbocycles. The topological polar surface area (TPSA) is 140 Å². The summed E-state index contributed by atoms with van der Waals surface area (Å²) in [6.07, 6.45) is 5.87. The first-order chi connectivity index (χ1) is 22.4. The van der Waals surface area contributed by atoms with Gasteiger partial charge >= 0.3 is 0 Å². The quantitative estimate of drug-likeness (QED) is 0.291. The number of likely N-dealkylation sites (tertiary alicyclic amines) is 1. The average molecular weight is 622 g/mol. The van der Waals surface area contributed by atoms with E-state index in [0.717, 1.165) is 5.56 Å². The second-order valence-electron chi connectivity index (χ2n) is 11.1. The molecule has 2 aliphatic heterocycles. The fourth-order valence-electron chi connectivity index (χ4n) is 5.63. The number of carbonyl (C=O) groups is 3. The van der Waals surface area contributed by atoms with Crippen LogP contribution in [-0.2, 0) is 11.3 Å². The van der Waals surface area contributed by atoms with E-state index in [-0.39, 0.29) is 37.3 Å². The smallest absolute Gasteiger partial charge is 0.258 e. The van der Waals surface area contributed by atoms with Crippen molar-refractivity contribution in [2.45, 2.75) is 25.1 Å². The molecule has 0 unspecified atom stereocenters. The molecule has 3 amide bonds. The minimum atomic E-state index is -0.658. The third kappa shape index (κ3) is 6.20. The van der Waals surface area contributed by atoms with Gasteiger partial charge in [-0.05, 0) is 53.6 Å². The number of aromatic nitrogens is 4. The van der Waals surface area contributed by atoms with Gasteiger partial charge in [0.1, 0.15) is 29.7 Å². The van der Waals surface area contributed by atoms with Gasteiger partial charge < -0.3 is 25.0 Å². The molecule has 2 N–H and O–H groups in total. The lowest BCUT2D eigenvalue weighted by Crippen LogP contribution is -2.58. The molecule has 5 aromatic rings. The minimum absolute atomic E-state index is 0.0527. The second-order valence-corrected chi connectivity index (χ2v) is 11.1. The molecule has 13 heteroatoms. The Bertz CT molecular complexity index is 1960. The Morgan fingerprint density at radius 1 is 0.978 bits per heavy atom. The second kappa shape index (κ2) is 12.3. The van der Waals surface area contributed by atoms with Gasteiger partial charge in [-0.15, -0.1) is 0 Å². The summed E-state index contributed by atoms with van der Waals surface area (Å²) in [6.45, 7) is 0.276. The van der Waals surface area contributed by atoms with Crippen LogP contribution in [0.25, 0.3) is 16.8 Å². The molecule has 0 radical (unpaired) electrons. The van der Waals surface area contributed by atoms with Crippen LogP contribution in [0.2, 0.25) is 0 Å². The summed E-state index contributed by atoms with van der Waals surface area (Å²) >= 11 is 0. The van der Waals surface area contributed by atoms with Crippen LogP contribution in [0.5, 0.6) is 11.5 Å². The highest BCUT2D eigenvalue weighted by Gasteiger charge is 2.35. The van der Waals surface area contributed by atoms with Crippen LogP contribution in [0.3, 0.4) is 0 Å². The maximum absolute atomic E-state index is 14.7. The summed E-state index contributed by atoms with van der Waals surface area (Å²) in [4.78, 5) is 49.9. The summed E-state index contributed by atoms with van der Waals surface area (Å²) in [5, 5.41) is 9.90. The Morgan fingerprint density at radius 3 is 2.78 bits per heavy atom. The molecule has 1 fully saturated rings. The number of rotatable bonds is 1. The number of nitrogens with one attached hydrogen (secondary N) is 2. The van der Waals surface area contributed by atoms with Crippen molar-refractivity contribution in [3.8, 4) is 22.6 Å². The van der Waals surface area contributed by atoms with Crippen molar-refractivity contribution >= 4 is 23.4 Å². The molecule has 0 aliphatic carbocycles. The Hall–Kier alpha value is -5.85. The van der Waals surface area contributed by atoms with Crippen molar-refractivity contribution in [3.63, 3.8) is 0 Å². The Kier molecular flexibility index (Phi) is 7.71. The predicted octanol–water partition coefficient (Wildman–Crippen LogP) is 3.03. The summed E-state index contributed by atoms with van der Waals surface area (Å²) in [6, 6.07) is 15.7. The summed E-state index contributed by atoms with van der Waals surface area (Å²) in [7, 11) is 0. The molecule has 2 aliphatic rings. The molecular weight excluding hydrogens is 593 g/mol. The van der Waals surface area contributed by atoms with Gasteiger partial charge in [0.2, 0.25) is 0 Å². The molecule has 1 saturated heterocycles. The van der Waals surface area contributed by atoms with Crippen LogP contribution in [0.15, 0.2) is 85.6 Å². The number of nitrogens with zero attached hydrogens (tertiary/aromatic N) is 5. The SMILES string of the molecule is O=C1COc2cccc(c2)-c2cncc(c2)C(=O)N[C@@H]2CN(C(=O)c3ccc4ncnn4c3)CC[C@@H]2Oc2cc(F)cc(c2)CN1. The first kappa shape index (κ1) is 28.9. The zero-order valence-electron chi connectivity index (χ0n) is 24.4. The lowest BCUT2D eigenvalue weighted by molar-refractivity contribution is -0.123. The Balaban J connectivity index is 1.21. The summed E-state index contributed by atoms with van der Waals surface area (Å²) in [5.41, 5.74) is 3.22. The molecule has 2 aromatic carbocycles. The molecule has 5 heterocycles. The Morgan fingerprint density at radius 2 is 1.87 bits per heavy atom. The van der Waals surface area contributed by atoms with Crippen LogP contribution < -0.4 is 20.1 Å². The molecule has 12 nitrogen and oxygen atoms in total. The largest absolute Gasteiger partial charge is 0.488 e. The van der Waals surface area contributed by atoms with E-state index in [1.807, 2.05) is 6.07 Å². The zero-order valence-corrected chi connectivity index (χ0v) is 24.4. The first-order valence-electron chi connectivity index (χ1n) is 14.7. The molecule has 7 rings (SSSR count). The number of carbonyl (C=O) groups excluding carboxylic acids is 3. The van der Waals surface area contributed by atoms with Crippen LogP contribution in [0.1, 0.15) is 32.7 Å². The van der Waals surface area contributed by atoms with Crippen molar-refractivity contribution in [1.82, 2.24) is 35.1 Å². The fourth-order valence-corrected chi connectivity index (χ4v) is 5.63. The number of halogens is 1. The highest BCUT2D eigenvalue weighted by molar-refractivity contribution is 5.96. The third-order valence-electron chi connectivity index (χ3n) is 7.92. The van der Waals surface area contributed by atoms with E-state index in [9.17, 15) is 18.8 Å². The van der Waals surface area contributed by atoms with E-state index in [2.05, 4.69) is 25.7 Å². The van der Waals surface area contributed by atoms with Gasteiger partial charge in [-0.3, -0.25) is 19.4 Å². The highest BCUT2D eigenvalue weighted by Crippen LogP contribution is 2.26. The lowest BCUT2D eigenvalue weighted by atomic mass is 10.00. The number of amides is 3. The normalized spacial score (nSPS) is 18.5. The number of hydrogen-bond donors (Lipinski definition) is 2. The van der Waals surface area contributed by atoms with Gasteiger partial charge in [-0.1, -0.05) is 12.1 Å². The number of hydrogen-bond acceptors (Lipinski definition) is 8. The van der Waals surface area contributed by atoms with Gasteiger partial charge in [-0.25, -0.2) is 13.9 Å². The van der Waals surface area contributed by atoms with Crippen LogP contribution >= 0.6 is 0 Å². The average Bonchev–Trinajstić information content (AvgIpc) is 3.55. The molecule has 2 atom stereocenters. The molecular formula is C33H28FN7O5. The maximum Gasteiger partial charge on any atom is 0.258 e. The fraction of sp³-hybridized carbons (Fsp3) is 0.212. The van der Waals surface area contributed by atoms with Gasteiger partial charge in [0.15, 0.2) is 12.3 Å². The van der Waals surface area contributed by atoms with Crippen molar-refractivity contribution in [3.05, 3.63) is 108 Å². The standard InChI is InChI=1S/C33H28FN7O5/c34-25-8-20-9-27(12-25)46-29-6-7-40(33(44)22-4-5-30-37-19-38-41(30)16-22)17-28(29)39-32(43)24-10-23(14-35-15-24)21-2-1-3-26(11-21)45-18-31(42)36-13-20/h1-5,8-12,14-16,19,28-29H,6-7,13,17-18H2,(H,36,42)(H,39,43)/t28-,29+/m1/s1. The molecule has 232 valence electrons. The van der Waals surface area contributed by atoms with Crippen molar-refractivity contribution in [2.75, 3.05) is 19.7 Å². The minimum Gasteiger partial charge on any atom is -0.488 e. The zero-order chi connectivity index (χ0) is 31.6. The molecule has 0 spiro atoms. The van der Waals surface area contributed by atoms with Crippen molar-refractivity contribution < 1.29 is 28.2 Å². The van der Waals surface area contributed by atoms with Gasteiger partial charge in [0, 0.05) is 56.3 Å². The van der Waals surface area contributed by atoms with Gasteiger partial charge in [-0.2, -0.15) is 5.10 Å². The van der Waals surface area contributed by atoms with E-state index in [1.54, 1.807) is 59.8 Å². The predicted molar refractivity (Wildman–Crippen MR) is 163 cm³/mol. The summed E-state index contributed by atoms with van der Waals surface area (Å²) in [5.74, 6) is -0.881. The van der Waals surface area contributed by atoms with E-state index >= 15 is 0 Å². The number of piperidine rings is 1. The van der Waals surface area contributed by atoms with E-state index in [4.69, 9.17) is 9.47 Å². The summed E-state index contributed by atoms with van der Waals surface area (Å²) < 4.78 is 28.2. The maximum atomic E-state index is 14.7. The highest BCUT2D eigenvalue weighted by atomic mass is 19.1. The first-order valence-corrected chi connectivity index (χ1v) is 14.7. The number of fused-ring (bicyclic) bond motifs is 9.